The Hall–Kier alpha value is -0.680. The predicted octanol–water partition coefficient (Wildman–Crippen LogP) is 5.06. The van der Waals surface area contributed by atoms with E-state index in [4.69, 9.17) is 0 Å². The molecule has 1 amide bonds. The van der Waals surface area contributed by atoms with Crippen molar-refractivity contribution < 1.29 is 4.79 Å². The van der Waals surface area contributed by atoms with Crippen LogP contribution in [0.3, 0.4) is 0 Å². The molecule has 0 unspecified atom stereocenters. The van der Waals surface area contributed by atoms with Crippen LogP contribution in [0.1, 0.15) is 47.5 Å². The summed E-state index contributed by atoms with van der Waals surface area (Å²) < 4.78 is 0. The third-order valence-corrected chi connectivity index (χ3v) is 4.12. The van der Waals surface area contributed by atoms with Crippen LogP contribution in [0.15, 0.2) is 28.8 Å². The fourth-order valence-electron chi connectivity index (χ4n) is 0.937. The highest BCUT2D eigenvalue weighted by Gasteiger charge is 2.01. The number of hydrogen-bond acceptors (Lipinski definition) is 4. The second-order valence-corrected chi connectivity index (χ2v) is 5.69. The lowest BCUT2D eigenvalue weighted by Gasteiger charge is -2.03. The molecule has 1 N–H and O–H groups in total. The summed E-state index contributed by atoms with van der Waals surface area (Å²) in [6.07, 6.45) is 6.16. The fourth-order valence-corrected chi connectivity index (χ4v) is 2.80. The summed E-state index contributed by atoms with van der Waals surface area (Å²) >= 11 is 0. The SMILES string of the molecule is C.C=C/C=C(\N=C)SSCCC(=O)NCCCC.CC. The number of rotatable bonds is 10. The van der Waals surface area contributed by atoms with Crippen LogP contribution in [-0.4, -0.2) is 24.9 Å². The molecule has 0 saturated carbocycles. The number of nitrogens with zero attached hydrogens (tertiary/aromatic N) is 1. The van der Waals surface area contributed by atoms with E-state index in [2.05, 4.69) is 30.5 Å². The molecule has 118 valence electrons. The predicted molar refractivity (Wildman–Crippen MR) is 98.5 cm³/mol. The van der Waals surface area contributed by atoms with Crippen LogP contribution in [0.25, 0.3) is 0 Å². The van der Waals surface area contributed by atoms with Gasteiger partial charge in [-0.1, -0.05) is 58.1 Å². The maximum atomic E-state index is 11.4. The molecule has 0 bridgehead atoms. The summed E-state index contributed by atoms with van der Waals surface area (Å²) in [5.74, 6) is 0.888. The van der Waals surface area contributed by atoms with Gasteiger partial charge in [0.15, 0.2) is 0 Å². The van der Waals surface area contributed by atoms with Crippen molar-refractivity contribution in [3.8, 4) is 0 Å². The van der Waals surface area contributed by atoms with E-state index in [1.165, 1.54) is 10.8 Å². The first kappa shape index (κ1) is 24.3. The molecule has 3 nitrogen and oxygen atoms in total. The highest BCUT2D eigenvalue weighted by Crippen LogP contribution is 2.30. The Balaban J connectivity index is -0.000000916. The number of allylic oxidation sites excluding steroid dienone is 2. The van der Waals surface area contributed by atoms with Gasteiger partial charge in [0.25, 0.3) is 0 Å². The number of aliphatic imine (C=N–C) groups is 1. The Labute approximate surface area is 133 Å². The van der Waals surface area contributed by atoms with Crippen molar-refractivity contribution >= 4 is 34.2 Å². The van der Waals surface area contributed by atoms with E-state index in [1.54, 1.807) is 22.9 Å². The minimum Gasteiger partial charge on any atom is -0.356 e. The summed E-state index contributed by atoms with van der Waals surface area (Å²) in [6, 6.07) is 0. The Morgan fingerprint density at radius 1 is 1.40 bits per heavy atom. The lowest BCUT2D eigenvalue weighted by molar-refractivity contribution is -0.120. The second-order valence-electron chi connectivity index (χ2n) is 3.26. The molecule has 0 atom stereocenters. The number of unbranched alkanes of at least 4 members (excludes halogenated alkanes) is 1. The van der Waals surface area contributed by atoms with Gasteiger partial charge in [-0.15, -0.1) is 0 Å². The van der Waals surface area contributed by atoms with E-state index in [9.17, 15) is 4.79 Å². The normalized spacial score (nSPS) is 9.65. The van der Waals surface area contributed by atoms with Crippen molar-refractivity contribution in [2.75, 3.05) is 12.3 Å². The topological polar surface area (TPSA) is 41.5 Å². The minimum atomic E-state index is 0. The lowest BCUT2D eigenvalue weighted by atomic mass is 10.3. The Morgan fingerprint density at radius 3 is 2.55 bits per heavy atom. The molecule has 0 fully saturated rings. The van der Waals surface area contributed by atoms with Crippen LogP contribution < -0.4 is 5.32 Å². The smallest absolute Gasteiger partial charge is 0.220 e. The number of nitrogens with one attached hydrogen (secondary N) is 1. The molecule has 0 rings (SSSR count). The van der Waals surface area contributed by atoms with Gasteiger partial charge in [-0.3, -0.25) is 9.79 Å². The first-order chi connectivity index (χ1) is 9.24. The van der Waals surface area contributed by atoms with Gasteiger partial charge < -0.3 is 5.32 Å². The van der Waals surface area contributed by atoms with E-state index in [0.29, 0.717) is 6.42 Å². The highest BCUT2D eigenvalue weighted by molar-refractivity contribution is 8.78. The van der Waals surface area contributed by atoms with E-state index in [-0.39, 0.29) is 13.3 Å². The summed E-state index contributed by atoms with van der Waals surface area (Å²) in [5.41, 5.74) is 0. The molecular formula is C15H30N2OS2. The monoisotopic (exact) mass is 318 g/mol. The Bertz CT molecular complexity index is 279. The molecule has 0 aromatic carbocycles. The van der Waals surface area contributed by atoms with Crippen LogP contribution in [0.4, 0.5) is 0 Å². The van der Waals surface area contributed by atoms with Gasteiger partial charge in [-0.05, 0) is 30.0 Å². The Morgan fingerprint density at radius 2 is 2.05 bits per heavy atom. The van der Waals surface area contributed by atoms with Gasteiger partial charge in [0.05, 0.1) is 0 Å². The molecule has 5 heteroatoms. The molecule has 0 aliphatic heterocycles. The molecule has 20 heavy (non-hydrogen) atoms. The Kier molecular flexibility index (Phi) is 25.1. The average Bonchev–Trinajstić information content (AvgIpc) is 2.44. The number of carbonyl (C=O) groups excluding carboxylic acids is 1. The molecule has 0 heterocycles. The van der Waals surface area contributed by atoms with Crippen LogP contribution in [0.2, 0.25) is 0 Å². The summed E-state index contributed by atoms with van der Waals surface area (Å²) in [7, 11) is 3.11. The average molecular weight is 319 g/mol. The van der Waals surface area contributed by atoms with Crippen molar-refractivity contribution in [1.29, 1.82) is 0 Å². The zero-order valence-corrected chi connectivity index (χ0v) is 13.9. The van der Waals surface area contributed by atoms with Crippen molar-refractivity contribution in [2.45, 2.75) is 47.5 Å². The maximum Gasteiger partial charge on any atom is 0.220 e. The molecule has 0 spiro atoms. The van der Waals surface area contributed by atoms with Crippen molar-refractivity contribution in [3.05, 3.63) is 23.8 Å². The fraction of sp³-hybridized carbons (Fsp3) is 0.600. The van der Waals surface area contributed by atoms with Crippen LogP contribution >= 0.6 is 21.6 Å². The molecule has 0 aromatic rings. The number of hydrogen-bond donors (Lipinski definition) is 1. The zero-order chi connectivity index (χ0) is 14.9. The quantitative estimate of drug-likeness (QED) is 0.265. The maximum absolute atomic E-state index is 11.4. The molecule has 0 aliphatic carbocycles. The summed E-state index contributed by atoms with van der Waals surface area (Å²) in [5, 5.41) is 3.70. The molecule has 0 aliphatic rings. The van der Waals surface area contributed by atoms with Gasteiger partial charge >= 0.3 is 0 Å². The molecule has 0 radical (unpaired) electrons. The van der Waals surface area contributed by atoms with Crippen molar-refractivity contribution in [3.63, 3.8) is 0 Å². The summed E-state index contributed by atoms with van der Waals surface area (Å²) in [6.45, 7) is 13.9. The zero-order valence-electron chi connectivity index (χ0n) is 12.3. The van der Waals surface area contributed by atoms with Crippen LogP contribution in [0.5, 0.6) is 0 Å². The van der Waals surface area contributed by atoms with Gasteiger partial charge in [0.1, 0.15) is 5.03 Å². The van der Waals surface area contributed by atoms with E-state index in [0.717, 1.165) is 30.2 Å². The van der Waals surface area contributed by atoms with Crippen molar-refractivity contribution in [2.24, 2.45) is 4.99 Å². The first-order valence-corrected chi connectivity index (χ1v) is 8.92. The largest absolute Gasteiger partial charge is 0.356 e. The number of carbonyl (C=O) groups is 1. The summed E-state index contributed by atoms with van der Waals surface area (Å²) in [4.78, 5) is 15.2. The van der Waals surface area contributed by atoms with Gasteiger partial charge in [-0.25, -0.2) is 0 Å². The van der Waals surface area contributed by atoms with E-state index in [1.807, 2.05) is 13.8 Å². The van der Waals surface area contributed by atoms with Crippen LogP contribution in [0, 0.1) is 0 Å². The lowest BCUT2D eigenvalue weighted by Crippen LogP contribution is -2.24. The molecule has 0 aromatic heterocycles. The van der Waals surface area contributed by atoms with Crippen molar-refractivity contribution in [1.82, 2.24) is 5.32 Å². The van der Waals surface area contributed by atoms with Gasteiger partial charge in [0.2, 0.25) is 5.91 Å². The second kappa shape index (κ2) is 20.6. The van der Waals surface area contributed by atoms with Gasteiger partial charge in [-0.2, -0.15) is 0 Å². The third kappa shape index (κ3) is 17.3. The molecule has 0 saturated heterocycles. The first-order valence-electron chi connectivity index (χ1n) is 6.60. The van der Waals surface area contributed by atoms with E-state index >= 15 is 0 Å². The third-order valence-electron chi connectivity index (χ3n) is 1.83. The molecular weight excluding hydrogens is 288 g/mol. The highest BCUT2D eigenvalue weighted by atomic mass is 33.1. The minimum absolute atomic E-state index is 0. The van der Waals surface area contributed by atoms with Gasteiger partial charge in [0, 0.05) is 18.7 Å². The standard InChI is InChI=1S/C12H20N2OS2.C2H6.CH4/c1-4-6-9-14-11(15)8-10-16-17-12(13-3)7-5-2;1-2;/h5,7H,2-4,6,8-10H2,1H3,(H,14,15);1-2H3;1H4/b12-7+;;. The van der Waals surface area contributed by atoms with Crippen LogP contribution in [-0.2, 0) is 4.79 Å². The number of amides is 1. The van der Waals surface area contributed by atoms with E-state index < -0.39 is 0 Å².